The predicted octanol–water partition coefficient (Wildman–Crippen LogP) is 2.76. The van der Waals surface area contributed by atoms with Gasteiger partial charge in [0.25, 0.3) is 0 Å². The van der Waals surface area contributed by atoms with Gasteiger partial charge in [0.15, 0.2) is 0 Å². The van der Waals surface area contributed by atoms with Gasteiger partial charge in [0.1, 0.15) is 6.10 Å². The van der Waals surface area contributed by atoms with Gasteiger partial charge in [0.2, 0.25) is 0 Å². The molecule has 120 valence electrons. The van der Waals surface area contributed by atoms with Crippen molar-refractivity contribution in [3.63, 3.8) is 0 Å². The summed E-state index contributed by atoms with van der Waals surface area (Å²) in [7, 11) is 4.06. The lowest BCUT2D eigenvalue weighted by molar-refractivity contribution is 0.160. The number of aromatic nitrogens is 2. The van der Waals surface area contributed by atoms with Crippen LogP contribution in [-0.2, 0) is 6.54 Å². The maximum absolute atomic E-state index is 10.9. The lowest BCUT2D eigenvalue weighted by Gasteiger charge is -2.33. The first-order valence-electron chi connectivity index (χ1n) is 7.31. The second-order valence-electron chi connectivity index (χ2n) is 5.50. The Hall–Kier alpha value is 0.120. The van der Waals surface area contributed by atoms with Gasteiger partial charge >= 0.3 is 0 Å². The van der Waals surface area contributed by atoms with Crippen LogP contribution in [0.4, 0.5) is 0 Å². The molecule has 0 aliphatic carbocycles. The summed E-state index contributed by atoms with van der Waals surface area (Å²) in [4.78, 5) is 2.10. The highest BCUT2D eigenvalue weighted by molar-refractivity contribution is 8.07. The van der Waals surface area contributed by atoms with E-state index in [1.807, 2.05) is 42.3 Å². The molecule has 1 saturated heterocycles. The highest BCUT2D eigenvalue weighted by Crippen LogP contribution is 2.41. The molecule has 1 aliphatic rings. The Balaban J connectivity index is 2.17. The van der Waals surface area contributed by atoms with Crippen molar-refractivity contribution in [1.29, 1.82) is 0 Å². The number of aliphatic hydroxyl groups excluding tert-OH is 1. The average molecular weight is 350 g/mol. The SMILES string of the molecule is CCC1SCCSC1C(O)c1c(Cl)cnn1CCN(C)C. The van der Waals surface area contributed by atoms with Crippen LogP contribution in [0.1, 0.15) is 25.1 Å². The summed E-state index contributed by atoms with van der Waals surface area (Å²) < 4.78 is 1.86. The van der Waals surface area contributed by atoms with Gasteiger partial charge < -0.3 is 10.0 Å². The monoisotopic (exact) mass is 349 g/mol. The van der Waals surface area contributed by atoms with Crippen LogP contribution in [0.2, 0.25) is 5.02 Å². The topological polar surface area (TPSA) is 41.3 Å². The molecule has 3 unspecified atom stereocenters. The summed E-state index contributed by atoms with van der Waals surface area (Å²) in [6.07, 6.45) is 2.17. The number of nitrogens with zero attached hydrogens (tertiary/aromatic N) is 3. The summed E-state index contributed by atoms with van der Waals surface area (Å²) in [5.74, 6) is 2.26. The smallest absolute Gasteiger partial charge is 0.110 e. The van der Waals surface area contributed by atoms with E-state index in [2.05, 4.69) is 16.9 Å². The number of rotatable bonds is 6. The van der Waals surface area contributed by atoms with Crippen LogP contribution in [0, 0.1) is 0 Å². The molecule has 2 rings (SSSR count). The molecule has 2 heterocycles. The van der Waals surface area contributed by atoms with Crippen LogP contribution in [0.5, 0.6) is 0 Å². The zero-order chi connectivity index (χ0) is 15.4. The highest BCUT2D eigenvalue weighted by atomic mass is 35.5. The van der Waals surface area contributed by atoms with Crippen molar-refractivity contribution >= 4 is 35.1 Å². The molecule has 3 atom stereocenters. The van der Waals surface area contributed by atoms with Gasteiger partial charge in [-0.1, -0.05) is 18.5 Å². The van der Waals surface area contributed by atoms with E-state index >= 15 is 0 Å². The number of hydrogen-bond donors (Lipinski definition) is 1. The standard InChI is InChI=1S/C14H24ClN3OS2/c1-4-11-14(21-8-7-20-11)13(19)12-10(15)9-16-18(12)6-5-17(2)3/h9,11,13-14,19H,4-8H2,1-3H3. The van der Waals surface area contributed by atoms with Crippen LogP contribution in [0.3, 0.4) is 0 Å². The molecule has 1 N–H and O–H groups in total. The molecule has 0 spiro atoms. The fourth-order valence-corrected chi connectivity index (χ4v) is 5.89. The minimum absolute atomic E-state index is 0.195. The van der Waals surface area contributed by atoms with Crippen LogP contribution < -0.4 is 0 Å². The second-order valence-corrected chi connectivity index (χ2v) is 8.54. The van der Waals surface area contributed by atoms with Crippen molar-refractivity contribution in [3.05, 3.63) is 16.9 Å². The van der Waals surface area contributed by atoms with Crippen LogP contribution >= 0.6 is 35.1 Å². The van der Waals surface area contributed by atoms with Gasteiger partial charge in [-0.2, -0.15) is 28.6 Å². The number of hydrogen-bond acceptors (Lipinski definition) is 5. The molecule has 0 aromatic carbocycles. The first-order chi connectivity index (χ1) is 10.0. The summed E-state index contributed by atoms with van der Waals surface area (Å²) in [6, 6.07) is 0. The zero-order valence-corrected chi connectivity index (χ0v) is 15.2. The van der Waals surface area contributed by atoms with Crippen molar-refractivity contribution in [3.8, 4) is 0 Å². The van der Waals surface area contributed by atoms with E-state index in [4.69, 9.17) is 11.6 Å². The molecule has 0 radical (unpaired) electrons. The highest BCUT2D eigenvalue weighted by Gasteiger charge is 2.34. The maximum atomic E-state index is 10.9. The fraction of sp³-hybridized carbons (Fsp3) is 0.786. The van der Waals surface area contributed by atoms with Crippen molar-refractivity contribution in [2.24, 2.45) is 0 Å². The van der Waals surface area contributed by atoms with Gasteiger partial charge in [-0.05, 0) is 20.5 Å². The molecule has 0 amide bonds. The fourth-order valence-electron chi connectivity index (χ4n) is 2.52. The van der Waals surface area contributed by atoms with Crippen molar-refractivity contribution < 1.29 is 5.11 Å². The number of likely N-dealkylation sites (N-methyl/N-ethyl adjacent to an activating group) is 1. The van der Waals surface area contributed by atoms with Gasteiger partial charge in [-0.15, -0.1) is 0 Å². The van der Waals surface area contributed by atoms with Gasteiger partial charge in [-0.25, -0.2) is 0 Å². The van der Waals surface area contributed by atoms with Crippen molar-refractivity contribution in [2.75, 3.05) is 32.1 Å². The van der Waals surface area contributed by atoms with Crippen LogP contribution in [-0.4, -0.2) is 62.4 Å². The largest absolute Gasteiger partial charge is 0.386 e. The van der Waals surface area contributed by atoms with E-state index in [0.717, 1.165) is 31.0 Å². The van der Waals surface area contributed by atoms with E-state index < -0.39 is 6.10 Å². The van der Waals surface area contributed by atoms with Crippen LogP contribution in [0.25, 0.3) is 0 Å². The summed E-state index contributed by atoms with van der Waals surface area (Å²) in [6.45, 7) is 3.81. The third-order valence-electron chi connectivity index (χ3n) is 3.68. The predicted molar refractivity (Wildman–Crippen MR) is 93.5 cm³/mol. The molecule has 1 aromatic heterocycles. The maximum Gasteiger partial charge on any atom is 0.110 e. The third kappa shape index (κ3) is 4.32. The Morgan fingerprint density at radius 3 is 2.86 bits per heavy atom. The summed E-state index contributed by atoms with van der Waals surface area (Å²) >= 11 is 10.1. The van der Waals surface area contributed by atoms with Gasteiger partial charge in [-0.3, -0.25) is 4.68 Å². The number of thioether (sulfide) groups is 2. The Morgan fingerprint density at radius 2 is 2.19 bits per heavy atom. The second kappa shape index (κ2) is 8.11. The lowest BCUT2D eigenvalue weighted by Crippen LogP contribution is -2.33. The summed E-state index contributed by atoms with van der Waals surface area (Å²) in [5, 5.41) is 16.5. The molecular weight excluding hydrogens is 326 g/mol. The average Bonchev–Trinajstić information content (AvgIpc) is 2.85. The Bertz CT molecular complexity index is 455. The van der Waals surface area contributed by atoms with E-state index in [1.165, 1.54) is 5.75 Å². The molecule has 1 fully saturated rings. The van der Waals surface area contributed by atoms with E-state index in [0.29, 0.717) is 10.3 Å². The van der Waals surface area contributed by atoms with E-state index in [1.54, 1.807) is 6.20 Å². The number of halogens is 1. The minimum atomic E-state index is -0.551. The zero-order valence-electron chi connectivity index (χ0n) is 12.8. The van der Waals surface area contributed by atoms with Crippen LogP contribution in [0.15, 0.2) is 6.20 Å². The normalized spacial score (nSPS) is 24.5. The number of aliphatic hydroxyl groups is 1. The van der Waals surface area contributed by atoms with Gasteiger partial charge in [0.05, 0.1) is 23.5 Å². The Kier molecular flexibility index (Phi) is 6.75. The van der Waals surface area contributed by atoms with E-state index in [9.17, 15) is 5.11 Å². The first-order valence-corrected chi connectivity index (χ1v) is 9.79. The lowest BCUT2D eigenvalue weighted by atomic mass is 10.1. The van der Waals surface area contributed by atoms with E-state index in [-0.39, 0.29) is 5.25 Å². The molecule has 1 aromatic rings. The van der Waals surface area contributed by atoms with Crippen molar-refractivity contribution in [2.45, 2.75) is 36.5 Å². The van der Waals surface area contributed by atoms with Gasteiger partial charge in [0, 0.05) is 28.6 Å². The molecule has 21 heavy (non-hydrogen) atoms. The first kappa shape index (κ1) is 17.5. The third-order valence-corrected chi connectivity index (χ3v) is 7.31. The van der Waals surface area contributed by atoms with Crippen molar-refractivity contribution in [1.82, 2.24) is 14.7 Å². The molecule has 7 heteroatoms. The molecule has 1 aliphatic heterocycles. The minimum Gasteiger partial charge on any atom is -0.386 e. The summed E-state index contributed by atoms with van der Waals surface area (Å²) in [5.41, 5.74) is 0.775. The Morgan fingerprint density at radius 1 is 1.48 bits per heavy atom. The molecule has 0 bridgehead atoms. The molecule has 4 nitrogen and oxygen atoms in total. The molecular formula is C14H24ClN3OS2. The molecule has 0 saturated carbocycles. The Labute approximate surface area is 140 Å². The quantitative estimate of drug-likeness (QED) is 0.855.